The molecule has 1 aliphatic carbocycles. The lowest BCUT2D eigenvalue weighted by Gasteiger charge is -2.11. The number of ether oxygens (including phenoxy) is 1. The van der Waals surface area contributed by atoms with Crippen molar-refractivity contribution in [2.45, 2.75) is 45.1 Å². The summed E-state index contributed by atoms with van der Waals surface area (Å²) in [6.07, 6.45) is 8.02. The summed E-state index contributed by atoms with van der Waals surface area (Å²) < 4.78 is 6.74. The van der Waals surface area contributed by atoms with E-state index in [1.54, 1.807) is 34.5 Å². The average Bonchev–Trinajstić information content (AvgIpc) is 3.33. The minimum absolute atomic E-state index is 0.307. The molecule has 0 saturated heterocycles. The summed E-state index contributed by atoms with van der Waals surface area (Å²) in [6, 6.07) is 5.42. The number of carbonyl (C=O) groups excluding carboxylic acids is 1. The van der Waals surface area contributed by atoms with Crippen molar-refractivity contribution in [2.24, 2.45) is 0 Å². The molecule has 1 aliphatic rings. The molecule has 0 aliphatic heterocycles. The summed E-state index contributed by atoms with van der Waals surface area (Å²) in [7, 11) is 1.40. The van der Waals surface area contributed by atoms with Crippen molar-refractivity contribution in [3.8, 4) is 0 Å². The monoisotopic (exact) mass is 523 g/mol. The number of aromatic nitrogens is 3. The fourth-order valence-corrected chi connectivity index (χ4v) is 5.67. The van der Waals surface area contributed by atoms with E-state index in [0.29, 0.717) is 38.2 Å². The Morgan fingerprint density at radius 3 is 2.73 bits per heavy atom. The minimum Gasteiger partial charge on any atom is -0.465 e. The van der Waals surface area contributed by atoms with Crippen molar-refractivity contribution < 1.29 is 9.53 Å². The van der Waals surface area contributed by atoms with Crippen LogP contribution < -0.4 is 10.6 Å². The zero-order valence-electron chi connectivity index (χ0n) is 18.0. The van der Waals surface area contributed by atoms with E-state index < -0.39 is 0 Å². The molecule has 2 N–H and O–H groups in total. The first kappa shape index (κ1) is 23.9. The van der Waals surface area contributed by atoms with Crippen LogP contribution in [-0.2, 0) is 24.1 Å². The van der Waals surface area contributed by atoms with Crippen LogP contribution in [0, 0.1) is 0 Å². The number of rotatable bonds is 5. The number of halogens is 2. The fraction of sp³-hybridized carbons (Fsp3) is 0.364. The molecule has 0 radical (unpaired) electrons. The number of aryl methyl sites for hydroxylation is 1. The number of thiocarbonyl (C=S) groups is 1. The van der Waals surface area contributed by atoms with E-state index in [-0.39, 0.29) is 5.97 Å². The van der Waals surface area contributed by atoms with Crippen LogP contribution in [-0.4, -0.2) is 33.0 Å². The molecule has 0 spiro atoms. The molecule has 174 valence electrons. The Labute approximate surface area is 211 Å². The van der Waals surface area contributed by atoms with Crippen LogP contribution >= 0.6 is 46.8 Å². The number of carbonyl (C=O) groups is 1. The number of anilines is 2. The Hall–Kier alpha value is -2.20. The van der Waals surface area contributed by atoms with Crippen LogP contribution in [0.15, 0.2) is 24.5 Å². The molecule has 4 rings (SSSR count). The van der Waals surface area contributed by atoms with Gasteiger partial charge in [-0.3, -0.25) is 5.32 Å². The van der Waals surface area contributed by atoms with Crippen LogP contribution in [0.4, 0.5) is 10.9 Å². The number of esters is 1. The van der Waals surface area contributed by atoms with E-state index in [4.69, 9.17) is 40.2 Å². The molecule has 0 unspecified atom stereocenters. The molecule has 1 aromatic carbocycles. The number of hydrogen-bond acceptors (Lipinski definition) is 6. The molecule has 2 aromatic heterocycles. The summed E-state index contributed by atoms with van der Waals surface area (Å²) in [4.78, 5) is 18.1. The van der Waals surface area contributed by atoms with Gasteiger partial charge in [0.15, 0.2) is 5.11 Å². The number of nitrogens with zero attached hydrogens (tertiary/aromatic N) is 3. The Balaban J connectivity index is 1.46. The van der Waals surface area contributed by atoms with Gasteiger partial charge in [0.1, 0.15) is 11.3 Å². The third kappa shape index (κ3) is 5.84. The van der Waals surface area contributed by atoms with Crippen LogP contribution in [0.5, 0.6) is 0 Å². The number of methoxy groups -OCH3 is 1. The Kier molecular flexibility index (Phi) is 7.85. The smallest absolute Gasteiger partial charge is 0.341 e. The molecule has 0 amide bonds. The first-order valence-corrected chi connectivity index (χ1v) is 12.6. The molecular formula is C22H23Cl2N5O2S2. The highest BCUT2D eigenvalue weighted by molar-refractivity contribution is 7.80. The Morgan fingerprint density at radius 1 is 1.18 bits per heavy atom. The van der Waals surface area contributed by atoms with Gasteiger partial charge in [0.25, 0.3) is 0 Å². The molecule has 33 heavy (non-hydrogen) atoms. The Morgan fingerprint density at radius 2 is 1.97 bits per heavy atom. The van der Waals surface area contributed by atoms with Gasteiger partial charge in [0.2, 0.25) is 5.95 Å². The number of benzene rings is 1. The molecule has 11 heteroatoms. The van der Waals surface area contributed by atoms with Crippen molar-refractivity contribution >= 4 is 68.8 Å². The lowest BCUT2D eigenvalue weighted by atomic mass is 9.96. The van der Waals surface area contributed by atoms with E-state index in [9.17, 15) is 4.79 Å². The molecule has 2 heterocycles. The minimum atomic E-state index is -0.345. The highest BCUT2D eigenvalue weighted by atomic mass is 35.5. The summed E-state index contributed by atoms with van der Waals surface area (Å²) >= 11 is 19.1. The largest absolute Gasteiger partial charge is 0.465 e. The van der Waals surface area contributed by atoms with Gasteiger partial charge in [-0.25, -0.2) is 14.5 Å². The number of fused-ring (bicyclic) bond motifs is 1. The summed E-state index contributed by atoms with van der Waals surface area (Å²) in [5.41, 5.74) is 2.61. The third-order valence-electron chi connectivity index (χ3n) is 5.38. The summed E-state index contributed by atoms with van der Waals surface area (Å²) in [6.45, 7) is 0.482. The zero-order chi connectivity index (χ0) is 23.4. The third-order valence-corrected chi connectivity index (χ3v) is 7.53. The maximum Gasteiger partial charge on any atom is 0.341 e. The molecule has 0 atom stereocenters. The molecule has 0 fully saturated rings. The maximum absolute atomic E-state index is 12.6. The molecule has 3 aromatic rings. The van der Waals surface area contributed by atoms with Gasteiger partial charge in [0.05, 0.1) is 29.3 Å². The molecule has 0 saturated carbocycles. The van der Waals surface area contributed by atoms with Gasteiger partial charge in [-0.2, -0.15) is 0 Å². The average molecular weight is 524 g/mol. The summed E-state index contributed by atoms with van der Waals surface area (Å²) in [5, 5.41) is 12.6. The summed E-state index contributed by atoms with van der Waals surface area (Å²) in [5.74, 6) is 0.00417. The normalized spacial score (nSPS) is 13.5. The van der Waals surface area contributed by atoms with Gasteiger partial charge >= 0.3 is 5.97 Å². The molecule has 0 bridgehead atoms. The van der Waals surface area contributed by atoms with E-state index in [2.05, 4.69) is 20.7 Å². The predicted octanol–water partition coefficient (Wildman–Crippen LogP) is 5.95. The van der Waals surface area contributed by atoms with Crippen molar-refractivity contribution in [3.05, 3.63) is 56.1 Å². The van der Waals surface area contributed by atoms with Crippen LogP contribution in [0.1, 0.15) is 52.0 Å². The van der Waals surface area contributed by atoms with E-state index >= 15 is 0 Å². The van der Waals surface area contributed by atoms with Gasteiger partial charge < -0.3 is 10.1 Å². The van der Waals surface area contributed by atoms with Crippen molar-refractivity contribution in [2.75, 3.05) is 17.7 Å². The first-order valence-electron chi connectivity index (χ1n) is 10.6. The first-order chi connectivity index (χ1) is 15.9. The standard InChI is InChI=1S/C22H23Cl2N5O2S2/c1-31-20(30)18-14-6-4-2-3-5-7-17(14)33-19(18)26-22(32)27-21-25-12-29(28-21)11-13-8-9-15(23)16(24)10-13/h8-10,12H,2-7,11H2,1H3,(H2,26,27,28,32). The number of thiophene rings is 1. The van der Waals surface area contributed by atoms with Gasteiger partial charge in [-0.1, -0.05) is 42.1 Å². The van der Waals surface area contributed by atoms with Gasteiger partial charge in [0, 0.05) is 4.88 Å². The second-order valence-corrected chi connectivity index (χ2v) is 10.0. The van der Waals surface area contributed by atoms with Crippen LogP contribution in [0.25, 0.3) is 0 Å². The molecule has 7 nitrogen and oxygen atoms in total. The van der Waals surface area contributed by atoms with Crippen LogP contribution in [0.2, 0.25) is 10.0 Å². The number of hydrogen-bond donors (Lipinski definition) is 2. The molecular weight excluding hydrogens is 501 g/mol. The maximum atomic E-state index is 12.6. The van der Waals surface area contributed by atoms with Gasteiger partial charge in [-0.15, -0.1) is 16.4 Å². The van der Waals surface area contributed by atoms with E-state index in [1.807, 2.05) is 6.07 Å². The lowest BCUT2D eigenvalue weighted by Crippen LogP contribution is -2.21. The van der Waals surface area contributed by atoms with E-state index in [1.165, 1.54) is 24.8 Å². The fourth-order valence-electron chi connectivity index (χ4n) is 3.81. The quantitative estimate of drug-likeness (QED) is 0.315. The Bertz CT molecular complexity index is 1180. The van der Waals surface area contributed by atoms with Crippen LogP contribution in [0.3, 0.4) is 0 Å². The topological polar surface area (TPSA) is 81.1 Å². The predicted molar refractivity (Wildman–Crippen MR) is 137 cm³/mol. The lowest BCUT2D eigenvalue weighted by molar-refractivity contribution is 0.0601. The SMILES string of the molecule is COC(=O)c1c(NC(=S)Nc2ncn(Cc3ccc(Cl)c(Cl)c3)n2)sc2c1CCCCCC2. The van der Waals surface area contributed by atoms with Gasteiger partial charge in [-0.05, 0) is 61.2 Å². The van der Waals surface area contributed by atoms with Crippen molar-refractivity contribution in [1.82, 2.24) is 14.8 Å². The van der Waals surface area contributed by atoms with Crippen molar-refractivity contribution in [3.63, 3.8) is 0 Å². The van der Waals surface area contributed by atoms with Crippen molar-refractivity contribution in [1.29, 1.82) is 0 Å². The zero-order valence-corrected chi connectivity index (χ0v) is 21.1. The highest BCUT2D eigenvalue weighted by Crippen LogP contribution is 2.37. The number of nitrogens with one attached hydrogen (secondary N) is 2. The van der Waals surface area contributed by atoms with E-state index in [0.717, 1.165) is 36.8 Å². The second-order valence-electron chi connectivity index (χ2n) is 7.71. The second kappa shape index (κ2) is 10.8. The highest BCUT2D eigenvalue weighted by Gasteiger charge is 2.25.